The average molecular weight is 391 g/mol. The van der Waals surface area contributed by atoms with Crippen LogP contribution in [0.4, 0.5) is 0 Å². The van der Waals surface area contributed by atoms with Crippen LogP contribution in [-0.2, 0) is 9.09 Å². The first-order valence-corrected chi connectivity index (χ1v) is 13.3. The normalized spacial score (nSPS) is 15.1. The van der Waals surface area contributed by atoms with Crippen LogP contribution in [0, 0.1) is 0 Å². The molecule has 0 rings (SSSR count). The fourth-order valence-corrected chi connectivity index (χ4v) is 4.71. The molecule has 0 aliphatic heterocycles. The van der Waals surface area contributed by atoms with E-state index in [2.05, 4.69) is 6.92 Å². The second kappa shape index (κ2) is 18.5. The van der Waals surface area contributed by atoms with E-state index in [9.17, 15) is 9.46 Å². The number of hydrogen-bond donors (Lipinski definition) is 1. The van der Waals surface area contributed by atoms with Crippen molar-refractivity contribution in [2.75, 3.05) is 6.16 Å². The third-order valence-electron chi connectivity index (χ3n) is 5.21. The Hall–Kier alpha value is 0.150. The van der Waals surface area contributed by atoms with Crippen molar-refractivity contribution in [3.05, 3.63) is 0 Å². The molecule has 0 amide bonds. The molecule has 0 aromatic rings. The van der Waals surface area contributed by atoms with Crippen molar-refractivity contribution in [3.8, 4) is 0 Å². The van der Waals surface area contributed by atoms with Crippen LogP contribution < -0.4 is 0 Å². The molecule has 2 atom stereocenters. The summed E-state index contributed by atoms with van der Waals surface area (Å²) in [4.78, 5) is 9.76. The molecule has 26 heavy (non-hydrogen) atoms. The summed E-state index contributed by atoms with van der Waals surface area (Å²) < 4.78 is 17.1. The van der Waals surface area contributed by atoms with Crippen molar-refractivity contribution in [3.63, 3.8) is 0 Å². The maximum Gasteiger partial charge on any atom is 0.328 e. The van der Waals surface area contributed by atoms with Gasteiger partial charge >= 0.3 is 7.60 Å². The Morgan fingerprint density at radius 1 is 0.692 bits per heavy atom. The van der Waals surface area contributed by atoms with Crippen molar-refractivity contribution in [1.29, 1.82) is 0 Å². The summed E-state index contributed by atoms with van der Waals surface area (Å²) in [5.74, 6) is 0. The van der Waals surface area contributed by atoms with Crippen molar-refractivity contribution in [2.24, 2.45) is 0 Å². The topological polar surface area (TPSA) is 46.5 Å². The summed E-state index contributed by atoms with van der Waals surface area (Å²) in [7, 11) is -3.35. The highest BCUT2D eigenvalue weighted by atomic mass is 31.2. The van der Waals surface area contributed by atoms with Crippen LogP contribution in [0.15, 0.2) is 0 Å². The zero-order valence-corrected chi connectivity index (χ0v) is 18.9. The molecule has 0 saturated heterocycles. The first-order chi connectivity index (χ1) is 12.5. The minimum Gasteiger partial charge on any atom is -0.324 e. The van der Waals surface area contributed by atoms with Gasteiger partial charge in [0.2, 0.25) is 0 Å². The standard InChI is InChI=1S/C22H47O3P/c1-4-6-7-8-9-10-11-12-13-14-15-16-17-18-19-20-21-26(23,24)25-22(3)5-2/h22H,4-21H2,1-3H3,(H,23,24). The van der Waals surface area contributed by atoms with Crippen LogP contribution in [-0.4, -0.2) is 17.2 Å². The summed E-state index contributed by atoms with van der Waals surface area (Å²) in [6.07, 6.45) is 22.0. The van der Waals surface area contributed by atoms with Gasteiger partial charge in [0, 0.05) is 6.16 Å². The van der Waals surface area contributed by atoms with E-state index in [-0.39, 0.29) is 6.10 Å². The van der Waals surface area contributed by atoms with Crippen LogP contribution in [0.3, 0.4) is 0 Å². The molecular formula is C22H47O3P. The number of rotatable bonds is 20. The van der Waals surface area contributed by atoms with E-state index in [0.717, 1.165) is 19.3 Å². The summed E-state index contributed by atoms with van der Waals surface area (Å²) in [6, 6.07) is 0. The van der Waals surface area contributed by atoms with Crippen molar-refractivity contribution in [1.82, 2.24) is 0 Å². The summed E-state index contributed by atoms with van der Waals surface area (Å²) in [5, 5.41) is 0. The Balaban J connectivity index is 3.23. The molecule has 158 valence electrons. The maximum atomic E-state index is 11.9. The van der Waals surface area contributed by atoms with E-state index >= 15 is 0 Å². The molecule has 2 unspecified atom stereocenters. The van der Waals surface area contributed by atoms with E-state index in [1.54, 1.807) is 0 Å². The zero-order chi connectivity index (χ0) is 19.5. The third kappa shape index (κ3) is 18.9. The first kappa shape index (κ1) is 26.1. The minimum atomic E-state index is -3.35. The Bertz CT molecular complexity index is 333. The Morgan fingerprint density at radius 2 is 1.04 bits per heavy atom. The van der Waals surface area contributed by atoms with Crippen LogP contribution in [0.25, 0.3) is 0 Å². The molecular weight excluding hydrogens is 343 g/mol. The van der Waals surface area contributed by atoms with Crippen LogP contribution >= 0.6 is 7.60 Å². The van der Waals surface area contributed by atoms with E-state index in [0.29, 0.717) is 6.16 Å². The first-order valence-electron chi connectivity index (χ1n) is 11.5. The van der Waals surface area contributed by atoms with E-state index in [1.165, 1.54) is 89.9 Å². The molecule has 0 bridgehead atoms. The highest BCUT2D eigenvalue weighted by molar-refractivity contribution is 7.52. The fraction of sp³-hybridized carbons (Fsp3) is 1.00. The predicted molar refractivity (Wildman–Crippen MR) is 115 cm³/mol. The third-order valence-corrected chi connectivity index (χ3v) is 6.78. The van der Waals surface area contributed by atoms with Gasteiger partial charge in [-0.3, -0.25) is 4.57 Å². The lowest BCUT2D eigenvalue weighted by atomic mass is 10.0. The van der Waals surface area contributed by atoms with Crippen LogP contribution in [0.5, 0.6) is 0 Å². The molecule has 0 saturated carbocycles. The van der Waals surface area contributed by atoms with E-state index < -0.39 is 7.60 Å². The van der Waals surface area contributed by atoms with Gasteiger partial charge < -0.3 is 9.42 Å². The van der Waals surface area contributed by atoms with E-state index in [4.69, 9.17) is 4.52 Å². The number of hydrogen-bond acceptors (Lipinski definition) is 2. The van der Waals surface area contributed by atoms with Crippen LogP contribution in [0.1, 0.15) is 130 Å². The minimum absolute atomic E-state index is 0.119. The van der Waals surface area contributed by atoms with E-state index in [1.807, 2.05) is 13.8 Å². The Morgan fingerprint density at radius 3 is 1.38 bits per heavy atom. The van der Waals surface area contributed by atoms with Gasteiger partial charge in [-0.1, -0.05) is 110 Å². The van der Waals surface area contributed by atoms with Gasteiger partial charge in [0.15, 0.2) is 0 Å². The Kier molecular flexibility index (Phi) is 18.6. The molecule has 0 aliphatic rings. The summed E-state index contributed by atoms with van der Waals surface area (Å²) >= 11 is 0. The van der Waals surface area contributed by atoms with Crippen molar-refractivity contribution < 1.29 is 14.0 Å². The lowest BCUT2D eigenvalue weighted by Gasteiger charge is -2.16. The molecule has 1 N–H and O–H groups in total. The monoisotopic (exact) mass is 390 g/mol. The Labute approximate surface area is 164 Å². The highest BCUT2D eigenvalue weighted by Gasteiger charge is 2.21. The lowest BCUT2D eigenvalue weighted by Crippen LogP contribution is -2.06. The fourth-order valence-electron chi connectivity index (χ4n) is 3.27. The van der Waals surface area contributed by atoms with Gasteiger partial charge in [-0.2, -0.15) is 0 Å². The molecule has 0 aromatic carbocycles. The van der Waals surface area contributed by atoms with Gasteiger partial charge in [0.25, 0.3) is 0 Å². The largest absolute Gasteiger partial charge is 0.328 e. The summed E-state index contributed by atoms with van der Waals surface area (Å²) in [5.41, 5.74) is 0. The SMILES string of the molecule is CCCCCCCCCCCCCCCCCCP(=O)(O)OC(C)CC. The molecule has 0 spiro atoms. The summed E-state index contributed by atoms with van der Waals surface area (Å²) in [6.45, 7) is 6.10. The van der Waals surface area contributed by atoms with Gasteiger partial charge in [-0.25, -0.2) is 0 Å². The second-order valence-corrected chi connectivity index (χ2v) is 9.92. The van der Waals surface area contributed by atoms with Crippen LogP contribution in [0.2, 0.25) is 0 Å². The number of unbranched alkanes of at least 4 members (excludes halogenated alkanes) is 15. The molecule has 0 aromatic heterocycles. The zero-order valence-electron chi connectivity index (χ0n) is 18.0. The van der Waals surface area contributed by atoms with Gasteiger partial charge in [0.1, 0.15) is 0 Å². The molecule has 0 fully saturated rings. The second-order valence-electron chi connectivity index (χ2n) is 7.99. The van der Waals surface area contributed by atoms with Crippen molar-refractivity contribution in [2.45, 2.75) is 136 Å². The molecule has 3 nitrogen and oxygen atoms in total. The molecule has 0 aliphatic carbocycles. The highest BCUT2D eigenvalue weighted by Crippen LogP contribution is 2.44. The van der Waals surface area contributed by atoms with Crippen molar-refractivity contribution >= 4 is 7.60 Å². The smallest absolute Gasteiger partial charge is 0.324 e. The quantitative estimate of drug-likeness (QED) is 0.168. The van der Waals surface area contributed by atoms with Gasteiger partial charge in [-0.15, -0.1) is 0 Å². The predicted octanol–water partition coefficient (Wildman–Crippen LogP) is 8.25. The molecule has 0 radical (unpaired) electrons. The van der Waals surface area contributed by atoms with Gasteiger partial charge in [0.05, 0.1) is 6.10 Å². The van der Waals surface area contributed by atoms with Gasteiger partial charge in [-0.05, 0) is 19.8 Å². The maximum absolute atomic E-state index is 11.9. The molecule has 4 heteroatoms. The molecule has 0 heterocycles. The average Bonchev–Trinajstić information content (AvgIpc) is 2.60. The lowest BCUT2D eigenvalue weighted by molar-refractivity contribution is 0.185.